The largest absolute Gasteiger partial charge is 0.329 e. The summed E-state index contributed by atoms with van der Waals surface area (Å²) in [7, 11) is 0. The van der Waals surface area contributed by atoms with Crippen LogP contribution in [0.2, 0.25) is 0 Å². The van der Waals surface area contributed by atoms with Crippen LogP contribution in [0.1, 0.15) is 43.6 Å². The van der Waals surface area contributed by atoms with Gasteiger partial charge in [-0.15, -0.1) is 0 Å². The van der Waals surface area contributed by atoms with Crippen LogP contribution in [0.5, 0.6) is 0 Å². The average Bonchev–Trinajstić information content (AvgIpc) is 2.28. The molecule has 94 valence electrons. The van der Waals surface area contributed by atoms with Crippen LogP contribution in [0.4, 0.5) is 0 Å². The van der Waals surface area contributed by atoms with E-state index in [0.717, 1.165) is 12.0 Å². The molecule has 0 aliphatic carbocycles. The van der Waals surface area contributed by atoms with Crippen molar-refractivity contribution < 1.29 is 4.79 Å². The number of carbonyl (C=O) groups excluding carboxylic acids is 1. The fourth-order valence-corrected chi connectivity index (χ4v) is 1.75. The molecule has 0 heterocycles. The van der Waals surface area contributed by atoms with Gasteiger partial charge in [0.05, 0.1) is 0 Å². The summed E-state index contributed by atoms with van der Waals surface area (Å²) in [5.41, 5.74) is 7.18. The minimum Gasteiger partial charge on any atom is -0.329 e. The Morgan fingerprint density at radius 1 is 1.24 bits per heavy atom. The second-order valence-corrected chi connectivity index (χ2v) is 5.71. The SMILES string of the molecule is CC(C)Cc1ccc(C(=O)C(C)(C)CN)cc1. The van der Waals surface area contributed by atoms with Crippen molar-refractivity contribution in [1.29, 1.82) is 0 Å². The van der Waals surface area contributed by atoms with Gasteiger partial charge < -0.3 is 5.73 Å². The zero-order chi connectivity index (χ0) is 13.1. The van der Waals surface area contributed by atoms with E-state index in [2.05, 4.69) is 13.8 Å². The smallest absolute Gasteiger partial charge is 0.169 e. The molecule has 1 rings (SSSR count). The van der Waals surface area contributed by atoms with Gasteiger partial charge >= 0.3 is 0 Å². The highest BCUT2D eigenvalue weighted by Crippen LogP contribution is 2.21. The van der Waals surface area contributed by atoms with E-state index < -0.39 is 5.41 Å². The van der Waals surface area contributed by atoms with Crippen LogP contribution in [-0.2, 0) is 6.42 Å². The van der Waals surface area contributed by atoms with Crippen molar-refractivity contribution in [2.24, 2.45) is 17.1 Å². The topological polar surface area (TPSA) is 43.1 Å². The predicted molar refractivity (Wildman–Crippen MR) is 72.1 cm³/mol. The molecular weight excluding hydrogens is 210 g/mol. The third-order valence-electron chi connectivity index (χ3n) is 2.99. The van der Waals surface area contributed by atoms with Crippen LogP contribution in [0.3, 0.4) is 0 Å². The summed E-state index contributed by atoms with van der Waals surface area (Å²) in [5.74, 6) is 0.758. The van der Waals surface area contributed by atoms with Gasteiger partial charge in [0.25, 0.3) is 0 Å². The Balaban J connectivity index is 2.84. The zero-order valence-electron chi connectivity index (χ0n) is 11.3. The lowest BCUT2D eigenvalue weighted by Gasteiger charge is -2.20. The number of Topliss-reactive ketones (excluding diaryl/α,β-unsaturated/α-hetero) is 1. The maximum Gasteiger partial charge on any atom is 0.169 e. The van der Waals surface area contributed by atoms with Gasteiger partial charge in [-0.05, 0) is 17.9 Å². The maximum atomic E-state index is 12.2. The minimum absolute atomic E-state index is 0.121. The van der Waals surface area contributed by atoms with Crippen molar-refractivity contribution in [3.05, 3.63) is 35.4 Å². The monoisotopic (exact) mass is 233 g/mol. The van der Waals surface area contributed by atoms with E-state index in [0.29, 0.717) is 12.5 Å². The molecule has 2 heteroatoms. The average molecular weight is 233 g/mol. The Morgan fingerprint density at radius 3 is 2.18 bits per heavy atom. The van der Waals surface area contributed by atoms with Crippen LogP contribution in [0, 0.1) is 11.3 Å². The number of ketones is 1. The molecule has 0 unspecified atom stereocenters. The van der Waals surface area contributed by atoms with Gasteiger partial charge in [0.15, 0.2) is 5.78 Å². The minimum atomic E-state index is -0.473. The maximum absolute atomic E-state index is 12.2. The molecular formula is C15H23NO. The van der Waals surface area contributed by atoms with E-state index >= 15 is 0 Å². The zero-order valence-corrected chi connectivity index (χ0v) is 11.3. The van der Waals surface area contributed by atoms with Gasteiger partial charge in [-0.3, -0.25) is 4.79 Å². The lowest BCUT2D eigenvalue weighted by Crippen LogP contribution is -2.32. The lowest BCUT2D eigenvalue weighted by molar-refractivity contribution is 0.0847. The van der Waals surface area contributed by atoms with E-state index in [-0.39, 0.29) is 5.78 Å². The molecule has 0 saturated heterocycles. The first-order chi connectivity index (χ1) is 7.86. The molecule has 0 aliphatic heterocycles. The second kappa shape index (κ2) is 5.46. The quantitative estimate of drug-likeness (QED) is 0.794. The summed E-state index contributed by atoms with van der Waals surface area (Å²) >= 11 is 0. The number of hydrogen-bond donors (Lipinski definition) is 1. The van der Waals surface area contributed by atoms with Crippen LogP contribution < -0.4 is 5.73 Å². The highest BCUT2D eigenvalue weighted by molar-refractivity contribution is 6.00. The molecule has 0 saturated carbocycles. The van der Waals surface area contributed by atoms with Gasteiger partial charge in [-0.2, -0.15) is 0 Å². The number of hydrogen-bond acceptors (Lipinski definition) is 2. The number of benzene rings is 1. The molecule has 0 aromatic heterocycles. The molecule has 17 heavy (non-hydrogen) atoms. The third-order valence-corrected chi connectivity index (χ3v) is 2.99. The summed E-state index contributed by atoms with van der Waals surface area (Å²) in [5, 5.41) is 0. The Morgan fingerprint density at radius 2 is 1.76 bits per heavy atom. The summed E-state index contributed by atoms with van der Waals surface area (Å²) in [6, 6.07) is 7.91. The highest BCUT2D eigenvalue weighted by Gasteiger charge is 2.26. The second-order valence-electron chi connectivity index (χ2n) is 5.71. The molecule has 1 aromatic rings. The normalized spacial score (nSPS) is 11.9. The van der Waals surface area contributed by atoms with Crippen LogP contribution in [0.15, 0.2) is 24.3 Å². The summed E-state index contributed by atoms with van der Waals surface area (Å²) in [6.07, 6.45) is 1.05. The van der Waals surface area contributed by atoms with Crippen LogP contribution >= 0.6 is 0 Å². The fourth-order valence-electron chi connectivity index (χ4n) is 1.75. The number of carbonyl (C=O) groups is 1. The van der Waals surface area contributed by atoms with Gasteiger partial charge in [-0.25, -0.2) is 0 Å². The molecule has 0 radical (unpaired) electrons. The highest BCUT2D eigenvalue weighted by atomic mass is 16.1. The Kier molecular flexibility index (Phi) is 4.47. The molecule has 2 N–H and O–H groups in total. The summed E-state index contributed by atoms with van der Waals surface area (Å²) < 4.78 is 0. The van der Waals surface area contributed by atoms with Gasteiger partial charge in [0.2, 0.25) is 0 Å². The molecule has 0 bridgehead atoms. The molecule has 0 aliphatic rings. The first-order valence-corrected chi connectivity index (χ1v) is 6.20. The first kappa shape index (κ1) is 13.9. The number of rotatable bonds is 5. The predicted octanol–water partition coefficient (Wildman–Crippen LogP) is 3.05. The van der Waals surface area contributed by atoms with E-state index in [4.69, 9.17) is 5.73 Å². The van der Waals surface area contributed by atoms with Gasteiger partial charge in [0, 0.05) is 17.5 Å². The van der Waals surface area contributed by atoms with Crippen molar-refractivity contribution in [3.8, 4) is 0 Å². The van der Waals surface area contributed by atoms with Gasteiger partial charge in [0.1, 0.15) is 0 Å². The molecule has 2 nitrogen and oxygen atoms in total. The van der Waals surface area contributed by atoms with Crippen molar-refractivity contribution in [3.63, 3.8) is 0 Å². The molecule has 0 amide bonds. The van der Waals surface area contributed by atoms with E-state index in [9.17, 15) is 4.79 Å². The molecule has 0 atom stereocenters. The third kappa shape index (κ3) is 3.67. The Bertz CT molecular complexity index is 376. The lowest BCUT2D eigenvalue weighted by atomic mass is 9.84. The summed E-state index contributed by atoms with van der Waals surface area (Å²) in [4.78, 5) is 12.2. The molecule has 0 fully saturated rings. The van der Waals surface area contributed by atoms with E-state index in [1.54, 1.807) is 0 Å². The first-order valence-electron chi connectivity index (χ1n) is 6.20. The van der Waals surface area contributed by atoms with Crippen molar-refractivity contribution >= 4 is 5.78 Å². The summed E-state index contributed by atoms with van der Waals surface area (Å²) in [6.45, 7) is 8.53. The van der Waals surface area contributed by atoms with E-state index in [1.165, 1.54) is 5.56 Å². The standard InChI is InChI=1S/C15H23NO/c1-11(2)9-12-5-7-13(8-6-12)14(17)15(3,4)10-16/h5-8,11H,9-10,16H2,1-4H3. The fraction of sp³-hybridized carbons (Fsp3) is 0.533. The Hall–Kier alpha value is -1.15. The molecule has 0 spiro atoms. The van der Waals surface area contributed by atoms with Gasteiger partial charge in [-0.1, -0.05) is 52.0 Å². The van der Waals surface area contributed by atoms with Crippen molar-refractivity contribution in [2.45, 2.75) is 34.1 Å². The van der Waals surface area contributed by atoms with E-state index in [1.807, 2.05) is 38.1 Å². The van der Waals surface area contributed by atoms with Crippen molar-refractivity contribution in [1.82, 2.24) is 0 Å². The van der Waals surface area contributed by atoms with Crippen LogP contribution in [-0.4, -0.2) is 12.3 Å². The van der Waals surface area contributed by atoms with Crippen molar-refractivity contribution in [2.75, 3.05) is 6.54 Å². The Labute approximate surface area is 104 Å². The molecule has 1 aromatic carbocycles. The van der Waals surface area contributed by atoms with Crippen LogP contribution in [0.25, 0.3) is 0 Å². The number of nitrogens with two attached hydrogens (primary N) is 1.